The number of benzene rings is 6. The van der Waals surface area contributed by atoms with Gasteiger partial charge in [-0.15, -0.1) is 0 Å². The molecular formula is C45H34N4S. The predicted octanol–water partition coefficient (Wildman–Crippen LogP) is 11.3. The Kier molecular flexibility index (Phi) is 6.62. The average Bonchev–Trinajstić information content (AvgIpc) is 3.71. The summed E-state index contributed by atoms with van der Waals surface area (Å²) in [6, 6.07) is 44.9. The quantitative estimate of drug-likeness (QED) is 0.190. The first-order valence-corrected chi connectivity index (χ1v) is 18.2. The molecule has 0 amide bonds. The molecule has 2 aliphatic carbocycles. The van der Waals surface area contributed by atoms with Crippen LogP contribution >= 0.6 is 11.8 Å². The van der Waals surface area contributed by atoms with Gasteiger partial charge in [0.2, 0.25) is 0 Å². The molecule has 1 N–H and O–H groups in total. The topological polar surface area (TPSA) is 50.7 Å². The van der Waals surface area contributed by atoms with Crippen molar-refractivity contribution in [3.8, 4) is 34.2 Å². The fourth-order valence-electron chi connectivity index (χ4n) is 8.11. The Labute approximate surface area is 296 Å². The van der Waals surface area contributed by atoms with E-state index in [1.54, 1.807) is 0 Å². The van der Waals surface area contributed by atoms with Crippen molar-refractivity contribution >= 4 is 44.6 Å². The minimum atomic E-state index is 0.0140. The van der Waals surface area contributed by atoms with E-state index in [0.29, 0.717) is 23.4 Å². The van der Waals surface area contributed by atoms with Crippen LogP contribution in [0.25, 0.3) is 61.3 Å². The maximum Gasteiger partial charge on any atom is 0.164 e. The Bertz CT molecular complexity index is 2500. The maximum atomic E-state index is 4.99. The van der Waals surface area contributed by atoms with Crippen LogP contribution in [0.15, 0.2) is 150 Å². The highest BCUT2D eigenvalue weighted by Crippen LogP contribution is 2.54. The SMILES string of the molecule is CC1(C)C2=CC(C3Nc4c(ccc5ccc6cc(-c7nc(-c8ccccc8)nc(-c8ccccc8)n7)ccc6c45)S3)CC=C2c2ccccc21. The molecular weight excluding hydrogens is 629 g/mol. The molecule has 0 spiro atoms. The number of nitrogens with one attached hydrogen (secondary N) is 1. The summed E-state index contributed by atoms with van der Waals surface area (Å²) in [5, 5.41) is 9.21. The summed E-state index contributed by atoms with van der Waals surface area (Å²) in [5.74, 6) is 2.41. The first-order chi connectivity index (χ1) is 24.5. The van der Waals surface area contributed by atoms with Crippen LogP contribution < -0.4 is 5.32 Å². The molecule has 4 nitrogen and oxygen atoms in total. The monoisotopic (exact) mass is 662 g/mol. The average molecular weight is 663 g/mol. The lowest BCUT2D eigenvalue weighted by Crippen LogP contribution is -2.25. The fraction of sp³-hybridized carbons (Fsp3) is 0.133. The van der Waals surface area contributed by atoms with Crippen molar-refractivity contribution in [1.82, 2.24) is 15.0 Å². The van der Waals surface area contributed by atoms with Crippen LogP contribution in [0, 0.1) is 5.92 Å². The number of rotatable bonds is 4. The number of allylic oxidation sites excluding steroid dienone is 3. The van der Waals surface area contributed by atoms with Crippen LogP contribution in [0.1, 0.15) is 31.4 Å². The second kappa shape index (κ2) is 11.3. The molecule has 5 heteroatoms. The Morgan fingerprint density at radius 1 is 0.660 bits per heavy atom. The van der Waals surface area contributed by atoms with E-state index >= 15 is 0 Å². The maximum absolute atomic E-state index is 4.99. The first kappa shape index (κ1) is 29.4. The molecule has 0 radical (unpaired) electrons. The number of hydrogen-bond acceptors (Lipinski definition) is 5. The van der Waals surface area contributed by atoms with E-state index < -0.39 is 0 Å². The molecule has 1 aromatic heterocycles. The fourth-order valence-corrected chi connectivity index (χ4v) is 9.35. The summed E-state index contributed by atoms with van der Waals surface area (Å²) in [6.45, 7) is 4.75. The van der Waals surface area contributed by atoms with Gasteiger partial charge >= 0.3 is 0 Å². The lowest BCUT2D eigenvalue weighted by Gasteiger charge is -2.29. The normalized spacial score (nSPS) is 18.6. The van der Waals surface area contributed by atoms with Gasteiger partial charge in [0, 0.05) is 38.3 Å². The molecule has 2 atom stereocenters. The van der Waals surface area contributed by atoms with E-state index in [2.05, 4.69) is 98.0 Å². The molecule has 10 rings (SSSR count). The van der Waals surface area contributed by atoms with Gasteiger partial charge in [-0.1, -0.05) is 153 Å². The summed E-state index contributed by atoms with van der Waals surface area (Å²) in [7, 11) is 0. The number of hydrogen-bond donors (Lipinski definition) is 1. The van der Waals surface area contributed by atoms with Crippen molar-refractivity contribution in [3.63, 3.8) is 0 Å². The highest BCUT2D eigenvalue weighted by atomic mass is 32.2. The lowest BCUT2D eigenvalue weighted by atomic mass is 9.78. The number of anilines is 1. The van der Waals surface area contributed by atoms with E-state index in [4.69, 9.17) is 15.0 Å². The largest absolute Gasteiger partial charge is 0.371 e. The first-order valence-electron chi connectivity index (χ1n) is 17.3. The lowest BCUT2D eigenvalue weighted by molar-refractivity contribution is 0.611. The van der Waals surface area contributed by atoms with Gasteiger partial charge in [-0.25, -0.2) is 15.0 Å². The van der Waals surface area contributed by atoms with Crippen molar-refractivity contribution in [2.75, 3.05) is 5.32 Å². The third kappa shape index (κ3) is 4.64. The summed E-state index contributed by atoms with van der Waals surface area (Å²) in [6.07, 6.45) is 6.09. The third-order valence-electron chi connectivity index (χ3n) is 10.7. The summed E-state index contributed by atoms with van der Waals surface area (Å²) in [5.41, 5.74) is 9.91. The van der Waals surface area contributed by atoms with E-state index in [1.165, 1.54) is 54.4 Å². The van der Waals surface area contributed by atoms with Crippen molar-refractivity contribution in [1.29, 1.82) is 0 Å². The van der Waals surface area contributed by atoms with Crippen molar-refractivity contribution < 1.29 is 0 Å². The second-order valence-electron chi connectivity index (χ2n) is 14.0. The van der Waals surface area contributed by atoms with Crippen LogP contribution in [0.5, 0.6) is 0 Å². The molecule has 3 aliphatic rings. The Morgan fingerprint density at radius 2 is 1.30 bits per heavy atom. The van der Waals surface area contributed by atoms with Crippen molar-refractivity contribution in [3.05, 3.63) is 156 Å². The molecule has 1 aliphatic heterocycles. The predicted molar refractivity (Wildman–Crippen MR) is 208 cm³/mol. The van der Waals surface area contributed by atoms with Gasteiger partial charge in [0.1, 0.15) is 0 Å². The van der Waals surface area contributed by atoms with Crippen LogP contribution in [0.4, 0.5) is 5.69 Å². The molecule has 2 heterocycles. The van der Waals surface area contributed by atoms with Gasteiger partial charge in [0.15, 0.2) is 17.5 Å². The minimum Gasteiger partial charge on any atom is -0.371 e. The van der Waals surface area contributed by atoms with Crippen LogP contribution in [-0.2, 0) is 5.41 Å². The van der Waals surface area contributed by atoms with Crippen LogP contribution in [0.3, 0.4) is 0 Å². The van der Waals surface area contributed by atoms with E-state index in [0.717, 1.165) is 23.1 Å². The van der Waals surface area contributed by atoms with Gasteiger partial charge < -0.3 is 5.32 Å². The molecule has 0 fully saturated rings. The Hall–Kier alpha value is -5.52. The Balaban J connectivity index is 1.03. The number of aromatic nitrogens is 3. The molecule has 240 valence electrons. The zero-order valence-corrected chi connectivity index (χ0v) is 28.7. The van der Waals surface area contributed by atoms with Crippen molar-refractivity contribution in [2.45, 2.75) is 36.0 Å². The summed E-state index contributed by atoms with van der Waals surface area (Å²) in [4.78, 5) is 16.2. The molecule has 2 unspecified atom stereocenters. The third-order valence-corrected chi connectivity index (χ3v) is 12.0. The van der Waals surface area contributed by atoms with Gasteiger partial charge in [-0.05, 0) is 57.0 Å². The van der Waals surface area contributed by atoms with Crippen LogP contribution in [-0.4, -0.2) is 20.3 Å². The zero-order valence-electron chi connectivity index (χ0n) is 27.9. The van der Waals surface area contributed by atoms with Crippen molar-refractivity contribution in [2.24, 2.45) is 5.92 Å². The summed E-state index contributed by atoms with van der Waals surface area (Å²) >= 11 is 1.97. The van der Waals surface area contributed by atoms with Crippen LogP contribution in [0.2, 0.25) is 0 Å². The molecule has 6 aromatic carbocycles. The molecule has 0 saturated carbocycles. The summed E-state index contributed by atoms with van der Waals surface area (Å²) < 4.78 is 0. The highest BCUT2D eigenvalue weighted by Gasteiger charge is 2.41. The van der Waals surface area contributed by atoms with Gasteiger partial charge in [0.05, 0.1) is 11.1 Å². The number of fused-ring (bicyclic) bond motifs is 8. The molecule has 0 bridgehead atoms. The minimum absolute atomic E-state index is 0.0140. The molecule has 7 aromatic rings. The van der Waals surface area contributed by atoms with E-state index in [-0.39, 0.29) is 10.8 Å². The van der Waals surface area contributed by atoms with E-state index in [9.17, 15) is 0 Å². The number of thioether (sulfide) groups is 1. The van der Waals surface area contributed by atoms with Gasteiger partial charge in [-0.2, -0.15) is 0 Å². The van der Waals surface area contributed by atoms with Gasteiger partial charge in [0.25, 0.3) is 0 Å². The smallest absolute Gasteiger partial charge is 0.164 e. The zero-order chi connectivity index (χ0) is 33.4. The standard InChI is InChI=1S/C45H34N4S/c1-45(2)36-16-10-9-15-34(36)35-23-20-32(26-37(35)45)44-46-40-38(50-44)24-21-27-17-18-30-25-31(19-22-33(30)39(27)40)43-48-41(28-11-5-3-6-12-28)47-42(49-43)29-13-7-4-8-14-29/h3-19,21-26,32,44,46H,20H2,1-2H3. The molecule has 50 heavy (non-hydrogen) atoms. The Morgan fingerprint density at radius 3 is 2.04 bits per heavy atom. The molecule has 0 saturated heterocycles. The van der Waals surface area contributed by atoms with Gasteiger partial charge in [-0.3, -0.25) is 0 Å². The number of nitrogens with zero attached hydrogens (tertiary/aromatic N) is 3. The second-order valence-corrected chi connectivity index (χ2v) is 15.2. The highest BCUT2D eigenvalue weighted by molar-refractivity contribution is 8.00. The van der Waals surface area contributed by atoms with E-state index in [1.807, 2.05) is 72.4 Å².